The quantitative estimate of drug-likeness (QED) is 0.706. The van der Waals surface area contributed by atoms with E-state index in [4.69, 9.17) is 0 Å². The summed E-state index contributed by atoms with van der Waals surface area (Å²) in [5.41, 5.74) is 3.73. The van der Waals surface area contributed by atoms with Crippen LogP contribution in [0.15, 0.2) is 47.5 Å². The molecule has 0 amide bonds. The fourth-order valence-electron chi connectivity index (χ4n) is 3.01. The average Bonchev–Trinajstić information content (AvgIpc) is 3.08. The molecule has 0 radical (unpaired) electrons. The molecule has 19 heavy (non-hydrogen) atoms. The summed E-state index contributed by atoms with van der Waals surface area (Å²) in [6.45, 7) is 1.81. The third-order valence-corrected chi connectivity index (χ3v) is 3.86. The first-order chi connectivity index (χ1) is 9.36. The van der Waals surface area contributed by atoms with Crippen molar-refractivity contribution in [1.82, 2.24) is 9.88 Å². The summed E-state index contributed by atoms with van der Waals surface area (Å²) in [5.74, 6) is 1.02. The maximum Gasteiger partial charge on any atom is 0.130 e. The summed E-state index contributed by atoms with van der Waals surface area (Å²) in [5, 5.41) is 5.98. The molecule has 0 fully saturated rings. The first-order valence-electron chi connectivity index (χ1n) is 6.61. The molecule has 3 nitrogen and oxygen atoms in total. The van der Waals surface area contributed by atoms with E-state index < -0.39 is 0 Å². The third-order valence-electron chi connectivity index (χ3n) is 3.86. The van der Waals surface area contributed by atoms with Gasteiger partial charge in [0, 0.05) is 35.4 Å². The van der Waals surface area contributed by atoms with E-state index in [-0.39, 0.29) is 0 Å². The standard InChI is InChI=1S/C16H15N3/c1-19-14-8-3-2-5-11(14)12-6-4-7-13(15(12)19)16-17-9-10-18-16/h2-8H,9-10H2,1H3,(H,17,18). The number of aryl methyl sites for hydroxylation is 1. The van der Waals surface area contributed by atoms with Crippen LogP contribution in [0.5, 0.6) is 0 Å². The number of amidine groups is 1. The minimum atomic E-state index is 0.871. The van der Waals surface area contributed by atoms with Crippen LogP contribution < -0.4 is 5.32 Å². The number of benzene rings is 2. The summed E-state index contributed by atoms with van der Waals surface area (Å²) in [7, 11) is 2.13. The van der Waals surface area contributed by atoms with Crippen molar-refractivity contribution in [3.63, 3.8) is 0 Å². The lowest BCUT2D eigenvalue weighted by atomic mass is 10.1. The number of rotatable bonds is 1. The van der Waals surface area contributed by atoms with Crippen molar-refractivity contribution in [2.75, 3.05) is 13.1 Å². The number of fused-ring (bicyclic) bond motifs is 3. The van der Waals surface area contributed by atoms with Gasteiger partial charge in [-0.1, -0.05) is 30.3 Å². The fourth-order valence-corrected chi connectivity index (χ4v) is 3.01. The lowest BCUT2D eigenvalue weighted by molar-refractivity contribution is 0.959. The zero-order chi connectivity index (χ0) is 12.8. The van der Waals surface area contributed by atoms with E-state index in [0.717, 1.165) is 18.9 Å². The molecular formula is C16H15N3. The SMILES string of the molecule is Cn1c2ccccc2c2cccc(C3=NCCN3)c21. The Hall–Kier alpha value is -2.29. The predicted molar refractivity (Wildman–Crippen MR) is 79.8 cm³/mol. The second-order valence-corrected chi connectivity index (χ2v) is 4.94. The first kappa shape index (κ1) is 10.6. The smallest absolute Gasteiger partial charge is 0.130 e. The van der Waals surface area contributed by atoms with Gasteiger partial charge in [-0.25, -0.2) is 0 Å². The van der Waals surface area contributed by atoms with E-state index in [9.17, 15) is 0 Å². The Morgan fingerprint density at radius 2 is 1.89 bits per heavy atom. The minimum absolute atomic E-state index is 0.871. The van der Waals surface area contributed by atoms with Crippen LogP contribution in [0.1, 0.15) is 5.56 Å². The van der Waals surface area contributed by atoms with Gasteiger partial charge in [0.05, 0.1) is 12.1 Å². The first-order valence-corrected chi connectivity index (χ1v) is 6.61. The molecule has 0 spiro atoms. The number of nitrogens with one attached hydrogen (secondary N) is 1. The van der Waals surface area contributed by atoms with Gasteiger partial charge in [0.15, 0.2) is 0 Å². The molecule has 2 aromatic carbocycles. The van der Waals surface area contributed by atoms with Gasteiger partial charge >= 0.3 is 0 Å². The largest absolute Gasteiger partial charge is 0.368 e. The van der Waals surface area contributed by atoms with Gasteiger partial charge < -0.3 is 9.88 Å². The molecule has 0 unspecified atom stereocenters. The van der Waals surface area contributed by atoms with E-state index in [2.05, 4.69) is 64.4 Å². The molecule has 1 N–H and O–H groups in total. The summed E-state index contributed by atoms with van der Waals surface area (Å²) < 4.78 is 2.27. The van der Waals surface area contributed by atoms with E-state index in [1.165, 1.54) is 27.4 Å². The highest BCUT2D eigenvalue weighted by atomic mass is 15.1. The molecule has 0 atom stereocenters. The Morgan fingerprint density at radius 1 is 1.05 bits per heavy atom. The molecule has 0 aliphatic carbocycles. The molecule has 1 aromatic heterocycles. The lowest BCUT2D eigenvalue weighted by Gasteiger charge is -2.06. The molecule has 94 valence electrons. The summed E-state index contributed by atoms with van der Waals surface area (Å²) >= 11 is 0. The molecule has 2 heterocycles. The Kier molecular flexibility index (Phi) is 2.15. The second-order valence-electron chi connectivity index (χ2n) is 4.94. The number of aromatic nitrogens is 1. The number of aliphatic imine (C=N–C) groups is 1. The molecule has 1 aliphatic heterocycles. The van der Waals surface area contributed by atoms with Crippen LogP contribution in [0.4, 0.5) is 0 Å². The maximum atomic E-state index is 4.56. The normalized spacial score (nSPS) is 14.9. The Balaban J connectivity index is 2.16. The predicted octanol–water partition coefficient (Wildman–Crippen LogP) is 2.68. The van der Waals surface area contributed by atoms with E-state index in [1.54, 1.807) is 0 Å². The topological polar surface area (TPSA) is 29.3 Å². The monoisotopic (exact) mass is 249 g/mol. The van der Waals surface area contributed by atoms with Gasteiger partial charge in [-0.15, -0.1) is 0 Å². The highest BCUT2D eigenvalue weighted by Gasteiger charge is 2.16. The van der Waals surface area contributed by atoms with Crippen molar-refractivity contribution in [3.8, 4) is 0 Å². The van der Waals surface area contributed by atoms with Crippen LogP contribution in [-0.4, -0.2) is 23.5 Å². The van der Waals surface area contributed by atoms with Crippen molar-refractivity contribution in [3.05, 3.63) is 48.0 Å². The van der Waals surface area contributed by atoms with E-state index in [0.29, 0.717) is 0 Å². The zero-order valence-electron chi connectivity index (χ0n) is 10.9. The van der Waals surface area contributed by atoms with Crippen LogP contribution in [0.25, 0.3) is 21.8 Å². The molecule has 0 saturated carbocycles. The van der Waals surface area contributed by atoms with Crippen molar-refractivity contribution < 1.29 is 0 Å². The van der Waals surface area contributed by atoms with Crippen LogP contribution in [0.3, 0.4) is 0 Å². The van der Waals surface area contributed by atoms with Gasteiger partial charge in [0.2, 0.25) is 0 Å². The molecule has 3 aromatic rings. The number of hydrogen-bond donors (Lipinski definition) is 1. The maximum absolute atomic E-state index is 4.56. The summed E-state index contributed by atoms with van der Waals surface area (Å²) in [6.07, 6.45) is 0. The Bertz CT molecular complexity index is 811. The van der Waals surface area contributed by atoms with Crippen LogP contribution in [0.2, 0.25) is 0 Å². The van der Waals surface area contributed by atoms with E-state index in [1.807, 2.05) is 0 Å². The van der Waals surface area contributed by atoms with Crippen molar-refractivity contribution >= 4 is 27.6 Å². The molecule has 0 bridgehead atoms. The number of para-hydroxylation sites is 2. The highest BCUT2D eigenvalue weighted by molar-refractivity contribution is 6.17. The third kappa shape index (κ3) is 1.41. The summed E-state index contributed by atoms with van der Waals surface area (Å²) in [6, 6.07) is 15.0. The van der Waals surface area contributed by atoms with Gasteiger partial charge in [-0.2, -0.15) is 0 Å². The Labute approximate surface area is 111 Å². The lowest BCUT2D eigenvalue weighted by Crippen LogP contribution is -2.20. The second kappa shape index (κ2) is 3.85. The minimum Gasteiger partial charge on any atom is -0.368 e. The van der Waals surface area contributed by atoms with Gasteiger partial charge in [0.25, 0.3) is 0 Å². The molecular weight excluding hydrogens is 234 g/mol. The molecule has 0 saturated heterocycles. The molecule has 4 rings (SSSR count). The van der Waals surface area contributed by atoms with Crippen LogP contribution >= 0.6 is 0 Å². The van der Waals surface area contributed by atoms with Crippen LogP contribution in [0, 0.1) is 0 Å². The van der Waals surface area contributed by atoms with Crippen LogP contribution in [-0.2, 0) is 7.05 Å². The Morgan fingerprint density at radius 3 is 2.74 bits per heavy atom. The van der Waals surface area contributed by atoms with Gasteiger partial charge in [-0.05, 0) is 12.1 Å². The molecule has 1 aliphatic rings. The van der Waals surface area contributed by atoms with Crippen molar-refractivity contribution in [2.45, 2.75) is 0 Å². The molecule has 3 heteroatoms. The van der Waals surface area contributed by atoms with Gasteiger partial charge in [-0.3, -0.25) is 4.99 Å². The average molecular weight is 249 g/mol. The van der Waals surface area contributed by atoms with Gasteiger partial charge in [0.1, 0.15) is 5.84 Å². The van der Waals surface area contributed by atoms with Crippen molar-refractivity contribution in [1.29, 1.82) is 0 Å². The zero-order valence-corrected chi connectivity index (χ0v) is 10.9. The highest BCUT2D eigenvalue weighted by Crippen LogP contribution is 2.30. The number of nitrogens with zero attached hydrogens (tertiary/aromatic N) is 2. The van der Waals surface area contributed by atoms with E-state index >= 15 is 0 Å². The van der Waals surface area contributed by atoms with Crippen molar-refractivity contribution in [2.24, 2.45) is 12.0 Å². The summed E-state index contributed by atoms with van der Waals surface area (Å²) in [4.78, 5) is 4.56. The number of hydrogen-bond acceptors (Lipinski definition) is 2. The fraction of sp³-hybridized carbons (Fsp3) is 0.188.